The average molecular weight is 484 g/mol. The zero-order valence-electron chi connectivity index (χ0n) is 18.9. The van der Waals surface area contributed by atoms with Crippen LogP contribution in [0.1, 0.15) is 35.0 Å². The molecule has 0 radical (unpaired) electrons. The number of carbonyl (C=O) groups excluding carboxylic acids is 2. The van der Waals surface area contributed by atoms with Crippen LogP contribution >= 0.6 is 0 Å². The molecule has 4 rings (SSSR count). The van der Waals surface area contributed by atoms with E-state index >= 15 is 0 Å². The van der Waals surface area contributed by atoms with Crippen LogP contribution in [0.15, 0.2) is 60.8 Å². The molecule has 10 heteroatoms. The summed E-state index contributed by atoms with van der Waals surface area (Å²) in [7, 11) is 0. The number of alkyl halides is 3. The fraction of sp³-hybridized carbons (Fsp3) is 0.240. The topological polar surface area (TPSA) is 83.6 Å². The van der Waals surface area contributed by atoms with Gasteiger partial charge in [0, 0.05) is 36.7 Å². The average Bonchev–Trinajstić information content (AvgIpc) is 3.26. The lowest BCUT2D eigenvalue weighted by Crippen LogP contribution is -2.33. The standard InChI is InChI=1S/C25H23F3N4O3/c1-2-10-30-23(33)21-15-20(8-11-29-21)35-19-6-7-22-16(13-19)9-12-32(22)24(34)31-18-5-3-4-17(14-18)25(26,27)28/h3-8,11,13-15H,2,9-10,12H2,1H3,(H,30,33)(H,31,34). The van der Waals surface area contributed by atoms with E-state index in [4.69, 9.17) is 4.74 Å². The minimum Gasteiger partial charge on any atom is -0.457 e. The highest BCUT2D eigenvalue weighted by molar-refractivity contribution is 6.03. The molecule has 2 heterocycles. The van der Waals surface area contributed by atoms with Gasteiger partial charge in [-0.25, -0.2) is 4.79 Å². The number of ether oxygens (including phenoxy) is 1. The molecule has 3 aromatic rings. The molecule has 0 bridgehead atoms. The number of hydrogen-bond acceptors (Lipinski definition) is 4. The van der Waals surface area contributed by atoms with Crippen molar-refractivity contribution >= 4 is 23.3 Å². The lowest BCUT2D eigenvalue weighted by atomic mass is 10.1. The molecule has 0 atom stereocenters. The lowest BCUT2D eigenvalue weighted by molar-refractivity contribution is -0.137. The summed E-state index contributed by atoms with van der Waals surface area (Å²) in [5.41, 5.74) is 0.984. The summed E-state index contributed by atoms with van der Waals surface area (Å²) in [6.45, 7) is 2.88. The van der Waals surface area contributed by atoms with E-state index in [1.165, 1.54) is 23.2 Å². The number of hydrogen-bond donors (Lipinski definition) is 2. The number of urea groups is 1. The molecule has 0 aliphatic carbocycles. The summed E-state index contributed by atoms with van der Waals surface area (Å²) in [4.78, 5) is 30.4. The van der Waals surface area contributed by atoms with Gasteiger partial charge in [-0.1, -0.05) is 13.0 Å². The normalized spacial score (nSPS) is 12.7. The Morgan fingerprint density at radius 1 is 1.09 bits per heavy atom. The molecular weight excluding hydrogens is 461 g/mol. The Kier molecular flexibility index (Phi) is 6.90. The van der Waals surface area contributed by atoms with Gasteiger partial charge in [0.05, 0.1) is 5.56 Å². The molecule has 2 aromatic carbocycles. The van der Waals surface area contributed by atoms with Crippen LogP contribution in [0.3, 0.4) is 0 Å². The van der Waals surface area contributed by atoms with E-state index in [0.29, 0.717) is 36.7 Å². The van der Waals surface area contributed by atoms with Crippen molar-refractivity contribution < 1.29 is 27.5 Å². The van der Waals surface area contributed by atoms with Gasteiger partial charge in [-0.3, -0.25) is 14.7 Å². The van der Waals surface area contributed by atoms with Gasteiger partial charge in [0.25, 0.3) is 5.91 Å². The molecule has 0 saturated heterocycles. The zero-order chi connectivity index (χ0) is 25.0. The second-order valence-electron chi connectivity index (χ2n) is 7.94. The zero-order valence-corrected chi connectivity index (χ0v) is 18.9. The molecule has 2 N–H and O–H groups in total. The first-order chi connectivity index (χ1) is 16.7. The molecule has 3 amide bonds. The lowest BCUT2D eigenvalue weighted by Gasteiger charge is -2.19. The number of amides is 3. The van der Waals surface area contributed by atoms with Crippen molar-refractivity contribution in [3.63, 3.8) is 0 Å². The Hall–Kier alpha value is -4.08. The Morgan fingerprint density at radius 2 is 1.89 bits per heavy atom. The van der Waals surface area contributed by atoms with Crippen molar-refractivity contribution in [2.45, 2.75) is 25.9 Å². The fourth-order valence-corrected chi connectivity index (χ4v) is 3.68. The molecule has 182 valence electrons. The van der Waals surface area contributed by atoms with E-state index in [0.717, 1.165) is 24.1 Å². The van der Waals surface area contributed by atoms with Crippen molar-refractivity contribution in [1.82, 2.24) is 10.3 Å². The van der Waals surface area contributed by atoms with Crippen LogP contribution in [-0.4, -0.2) is 30.0 Å². The molecule has 1 aliphatic heterocycles. The number of carbonyl (C=O) groups is 2. The maximum atomic E-state index is 13.0. The molecule has 0 saturated carbocycles. The van der Waals surface area contributed by atoms with E-state index in [-0.39, 0.29) is 17.3 Å². The van der Waals surface area contributed by atoms with Gasteiger partial charge in [0.15, 0.2) is 0 Å². The number of fused-ring (bicyclic) bond motifs is 1. The Labute approximate surface area is 199 Å². The number of benzene rings is 2. The monoisotopic (exact) mass is 484 g/mol. The molecule has 1 aromatic heterocycles. The van der Waals surface area contributed by atoms with Gasteiger partial charge in [0.1, 0.15) is 17.2 Å². The first kappa shape index (κ1) is 24.1. The summed E-state index contributed by atoms with van der Waals surface area (Å²) in [5.74, 6) is 0.683. The second kappa shape index (κ2) is 10.0. The van der Waals surface area contributed by atoms with Crippen LogP contribution in [0.4, 0.5) is 29.3 Å². The fourth-order valence-electron chi connectivity index (χ4n) is 3.68. The first-order valence-corrected chi connectivity index (χ1v) is 11.1. The Morgan fingerprint density at radius 3 is 2.66 bits per heavy atom. The van der Waals surface area contributed by atoms with Gasteiger partial charge in [0.2, 0.25) is 0 Å². The van der Waals surface area contributed by atoms with Crippen LogP contribution in [0.5, 0.6) is 11.5 Å². The molecule has 1 aliphatic rings. The van der Waals surface area contributed by atoms with Crippen LogP contribution in [0.25, 0.3) is 0 Å². The van der Waals surface area contributed by atoms with Crippen LogP contribution in [0, 0.1) is 0 Å². The number of halogens is 3. The smallest absolute Gasteiger partial charge is 0.416 e. The third kappa shape index (κ3) is 5.71. The highest BCUT2D eigenvalue weighted by Gasteiger charge is 2.31. The Bertz CT molecular complexity index is 1250. The van der Waals surface area contributed by atoms with Crippen LogP contribution in [-0.2, 0) is 12.6 Å². The number of nitrogens with zero attached hydrogens (tertiary/aromatic N) is 2. The van der Waals surface area contributed by atoms with Crippen molar-refractivity contribution in [1.29, 1.82) is 0 Å². The number of rotatable bonds is 6. The summed E-state index contributed by atoms with van der Waals surface area (Å²) >= 11 is 0. The van der Waals surface area contributed by atoms with E-state index in [9.17, 15) is 22.8 Å². The van der Waals surface area contributed by atoms with E-state index < -0.39 is 17.8 Å². The van der Waals surface area contributed by atoms with Crippen molar-refractivity contribution in [3.8, 4) is 11.5 Å². The van der Waals surface area contributed by atoms with Crippen molar-refractivity contribution in [3.05, 3.63) is 77.6 Å². The predicted molar refractivity (Wildman–Crippen MR) is 125 cm³/mol. The van der Waals surface area contributed by atoms with Gasteiger partial charge >= 0.3 is 12.2 Å². The van der Waals surface area contributed by atoms with Gasteiger partial charge in [-0.2, -0.15) is 13.2 Å². The molecule has 7 nitrogen and oxygen atoms in total. The van der Waals surface area contributed by atoms with Crippen molar-refractivity contribution in [2.75, 3.05) is 23.3 Å². The number of anilines is 2. The van der Waals surface area contributed by atoms with Crippen molar-refractivity contribution in [2.24, 2.45) is 0 Å². The minimum absolute atomic E-state index is 0.0645. The number of pyridine rings is 1. The molecule has 0 spiro atoms. The predicted octanol–water partition coefficient (Wildman–Crippen LogP) is 5.63. The minimum atomic E-state index is -4.49. The summed E-state index contributed by atoms with van der Waals surface area (Å²) in [6, 6.07) is 12.4. The van der Waals surface area contributed by atoms with Gasteiger partial charge < -0.3 is 15.4 Å². The summed E-state index contributed by atoms with van der Waals surface area (Å²) in [5, 5.41) is 5.29. The van der Waals surface area contributed by atoms with Gasteiger partial charge in [-0.15, -0.1) is 0 Å². The first-order valence-electron chi connectivity index (χ1n) is 11.1. The largest absolute Gasteiger partial charge is 0.457 e. The number of nitrogens with one attached hydrogen (secondary N) is 2. The summed E-state index contributed by atoms with van der Waals surface area (Å²) < 4.78 is 44.7. The van der Waals surface area contributed by atoms with Crippen LogP contribution < -0.4 is 20.3 Å². The highest BCUT2D eigenvalue weighted by atomic mass is 19.4. The second-order valence-corrected chi connectivity index (χ2v) is 7.94. The quantitative estimate of drug-likeness (QED) is 0.475. The maximum absolute atomic E-state index is 13.0. The van der Waals surface area contributed by atoms with Gasteiger partial charge in [-0.05, 0) is 60.9 Å². The van der Waals surface area contributed by atoms with E-state index in [2.05, 4.69) is 15.6 Å². The van der Waals surface area contributed by atoms with Crippen LogP contribution in [0.2, 0.25) is 0 Å². The third-order valence-electron chi connectivity index (χ3n) is 5.37. The molecule has 0 fully saturated rings. The van der Waals surface area contributed by atoms with E-state index in [1.54, 1.807) is 30.3 Å². The maximum Gasteiger partial charge on any atom is 0.416 e. The number of aromatic nitrogens is 1. The Balaban J connectivity index is 1.45. The summed E-state index contributed by atoms with van der Waals surface area (Å²) in [6.07, 6.45) is -1.63. The highest BCUT2D eigenvalue weighted by Crippen LogP contribution is 2.34. The molecule has 0 unspecified atom stereocenters. The molecular formula is C25H23F3N4O3. The SMILES string of the molecule is CCCNC(=O)c1cc(Oc2ccc3c(c2)CCN3C(=O)Nc2cccc(C(F)(F)F)c2)ccn1. The van der Waals surface area contributed by atoms with E-state index in [1.807, 2.05) is 6.92 Å². The molecule has 35 heavy (non-hydrogen) atoms. The third-order valence-corrected chi connectivity index (χ3v) is 5.37.